The van der Waals surface area contributed by atoms with E-state index in [0.717, 1.165) is 0 Å². The number of ether oxygens (including phenoxy) is 1. The van der Waals surface area contributed by atoms with Crippen molar-refractivity contribution in [2.24, 2.45) is 5.14 Å². The fraction of sp³-hybridized carbons (Fsp3) is 0.273. The standard InChI is InChI=1S/C22H22N4O6S/c1-13(2)26-21(28)17-6-4-3-5-16(17)20(24-26)22(29)32-12-19(27)25-10-9-14-11-15(33(23,30)31)7-8-18(14)25/h3-8,11,13H,9-10,12H2,1-2H3,(H2,23,30,31). The van der Waals surface area contributed by atoms with Crippen LogP contribution in [0.1, 0.15) is 35.9 Å². The van der Waals surface area contributed by atoms with Crippen molar-refractivity contribution in [2.75, 3.05) is 18.1 Å². The lowest BCUT2D eigenvalue weighted by atomic mass is 10.1. The number of hydrogen-bond donors (Lipinski definition) is 1. The molecule has 172 valence electrons. The van der Waals surface area contributed by atoms with Crippen LogP contribution in [0.4, 0.5) is 5.69 Å². The Morgan fingerprint density at radius 1 is 1.15 bits per heavy atom. The monoisotopic (exact) mass is 470 g/mol. The van der Waals surface area contributed by atoms with Crippen LogP contribution < -0.4 is 15.6 Å². The minimum absolute atomic E-state index is 0.0276. The molecule has 0 spiro atoms. The Kier molecular flexibility index (Phi) is 5.76. The van der Waals surface area contributed by atoms with Gasteiger partial charge in [0.2, 0.25) is 10.0 Å². The smallest absolute Gasteiger partial charge is 0.359 e. The molecular formula is C22H22N4O6S. The molecule has 0 unspecified atom stereocenters. The van der Waals surface area contributed by atoms with E-state index >= 15 is 0 Å². The summed E-state index contributed by atoms with van der Waals surface area (Å²) in [5.74, 6) is -1.29. The van der Waals surface area contributed by atoms with Crippen molar-refractivity contribution in [3.63, 3.8) is 0 Å². The summed E-state index contributed by atoms with van der Waals surface area (Å²) in [4.78, 5) is 39.6. The first-order valence-corrected chi connectivity index (χ1v) is 11.8. The Morgan fingerprint density at radius 3 is 2.52 bits per heavy atom. The lowest BCUT2D eigenvalue weighted by Gasteiger charge is -2.18. The van der Waals surface area contributed by atoms with Crippen molar-refractivity contribution in [3.05, 3.63) is 64.1 Å². The molecule has 3 aromatic rings. The van der Waals surface area contributed by atoms with E-state index in [1.807, 2.05) is 0 Å². The average Bonchev–Trinajstić information content (AvgIpc) is 3.20. The summed E-state index contributed by atoms with van der Waals surface area (Å²) < 4.78 is 29.6. The van der Waals surface area contributed by atoms with Gasteiger partial charge in [0.15, 0.2) is 12.3 Å². The first kappa shape index (κ1) is 22.6. The van der Waals surface area contributed by atoms with Crippen LogP contribution in [0.15, 0.2) is 52.2 Å². The number of primary sulfonamides is 1. The molecule has 10 nitrogen and oxygen atoms in total. The number of carbonyl (C=O) groups is 2. The maximum atomic E-state index is 12.8. The van der Waals surface area contributed by atoms with E-state index in [9.17, 15) is 22.8 Å². The number of carbonyl (C=O) groups excluding carboxylic acids is 2. The van der Waals surface area contributed by atoms with Crippen molar-refractivity contribution in [1.82, 2.24) is 9.78 Å². The summed E-state index contributed by atoms with van der Waals surface area (Å²) in [7, 11) is -3.85. The first-order chi connectivity index (χ1) is 15.6. The molecule has 0 saturated carbocycles. The zero-order valence-corrected chi connectivity index (χ0v) is 18.8. The van der Waals surface area contributed by atoms with Gasteiger partial charge in [-0.2, -0.15) is 5.10 Å². The van der Waals surface area contributed by atoms with Crippen LogP contribution in [0.2, 0.25) is 0 Å². The number of anilines is 1. The fourth-order valence-corrected chi connectivity index (χ4v) is 4.36. The molecule has 2 N–H and O–H groups in total. The number of benzene rings is 2. The van der Waals surface area contributed by atoms with E-state index < -0.39 is 28.5 Å². The van der Waals surface area contributed by atoms with E-state index in [-0.39, 0.29) is 22.2 Å². The minimum Gasteiger partial charge on any atom is -0.451 e. The molecular weight excluding hydrogens is 448 g/mol. The number of amides is 1. The van der Waals surface area contributed by atoms with Gasteiger partial charge in [0.25, 0.3) is 11.5 Å². The van der Waals surface area contributed by atoms with Gasteiger partial charge in [-0.15, -0.1) is 0 Å². The second kappa shape index (κ2) is 8.41. The molecule has 0 bridgehead atoms. The Labute approximate surface area is 189 Å². The number of hydrogen-bond acceptors (Lipinski definition) is 7. The maximum Gasteiger partial charge on any atom is 0.359 e. The molecule has 1 amide bonds. The summed E-state index contributed by atoms with van der Waals surface area (Å²) in [6, 6.07) is 10.6. The van der Waals surface area contributed by atoms with Crippen LogP contribution in [0.5, 0.6) is 0 Å². The van der Waals surface area contributed by atoms with Gasteiger partial charge in [0.05, 0.1) is 16.3 Å². The van der Waals surface area contributed by atoms with Crippen molar-refractivity contribution in [2.45, 2.75) is 31.2 Å². The van der Waals surface area contributed by atoms with E-state index in [1.54, 1.807) is 38.1 Å². The number of nitrogens with two attached hydrogens (primary N) is 1. The molecule has 0 fully saturated rings. The Balaban J connectivity index is 1.55. The van der Waals surface area contributed by atoms with Gasteiger partial charge >= 0.3 is 5.97 Å². The molecule has 0 atom stereocenters. The third-order valence-corrected chi connectivity index (χ3v) is 6.32. The topological polar surface area (TPSA) is 142 Å². The Hall–Kier alpha value is -3.57. The van der Waals surface area contributed by atoms with E-state index in [2.05, 4.69) is 5.10 Å². The van der Waals surface area contributed by atoms with E-state index in [0.29, 0.717) is 35.0 Å². The molecule has 11 heteroatoms. The molecule has 1 aliphatic rings. The molecule has 2 heterocycles. The Bertz CT molecular complexity index is 1450. The number of rotatable bonds is 5. The molecule has 2 aromatic carbocycles. The van der Waals surface area contributed by atoms with Crippen LogP contribution in [0, 0.1) is 0 Å². The van der Waals surface area contributed by atoms with Crippen molar-refractivity contribution in [3.8, 4) is 0 Å². The van der Waals surface area contributed by atoms with E-state index in [1.165, 1.54) is 27.8 Å². The van der Waals surface area contributed by atoms with Gasteiger partial charge in [-0.25, -0.2) is 23.0 Å². The Morgan fingerprint density at radius 2 is 1.85 bits per heavy atom. The van der Waals surface area contributed by atoms with Crippen molar-refractivity contribution in [1.29, 1.82) is 0 Å². The molecule has 1 aromatic heterocycles. The highest BCUT2D eigenvalue weighted by Crippen LogP contribution is 2.30. The minimum atomic E-state index is -3.85. The predicted octanol–water partition coefficient (Wildman–Crippen LogP) is 1.37. The largest absolute Gasteiger partial charge is 0.451 e. The number of aromatic nitrogens is 2. The number of esters is 1. The molecule has 1 aliphatic heterocycles. The lowest BCUT2D eigenvalue weighted by molar-refractivity contribution is -0.121. The van der Waals surface area contributed by atoms with Gasteiger partial charge in [-0.3, -0.25) is 9.59 Å². The molecule has 4 rings (SSSR count). The normalized spacial score (nSPS) is 13.4. The maximum absolute atomic E-state index is 12.8. The predicted molar refractivity (Wildman–Crippen MR) is 121 cm³/mol. The third-order valence-electron chi connectivity index (χ3n) is 5.41. The summed E-state index contributed by atoms with van der Waals surface area (Å²) >= 11 is 0. The molecule has 0 radical (unpaired) electrons. The molecule has 0 saturated heterocycles. The molecule has 33 heavy (non-hydrogen) atoms. The van der Waals surface area contributed by atoms with Crippen LogP contribution in [-0.2, 0) is 26.0 Å². The van der Waals surface area contributed by atoms with Crippen LogP contribution >= 0.6 is 0 Å². The third kappa shape index (κ3) is 4.24. The van der Waals surface area contributed by atoms with Crippen molar-refractivity contribution < 1.29 is 22.7 Å². The summed E-state index contributed by atoms with van der Waals surface area (Å²) in [5.41, 5.74) is 0.838. The van der Waals surface area contributed by atoms with Crippen LogP contribution in [0.3, 0.4) is 0 Å². The fourth-order valence-electron chi connectivity index (χ4n) is 3.80. The zero-order valence-electron chi connectivity index (χ0n) is 18.0. The highest BCUT2D eigenvalue weighted by molar-refractivity contribution is 7.89. The number of fused-ring (bicyclic) bond motifs is 2. The quantitative estimate of drug-likeness (QED) is 0.555. The van der Waals surface area contributed by atoms with Gasteiger partial charge in [-0.05, 0) is 50.1 Å². The average molecular weight is 471 g/mol. The highest BCUT2D eigenvalue weighted by Gasteiger charge is 2.27. The second-order valence-corrected chi connectivity index (χ2v) is 9.51. The van der Waals surface area contributed by atoms with Crippen molar-refractivity contribution >= 4 is 38.4 Å². The molecule has 0 aliphatic carbocycles. The van der Waals surface area contributed by atoms with E-state index in [4.69, 9.17) is 9.88 Å². The van der Waals surface area contributed by atoms with Crippen LogP contribution in [0.25, 0.3) is 10.8 Å². The summed E-state index contributed by atoms with van der Waals surface area (Å²) in [6.45, 7) is 3.33. The highest BCUT2D eigenvalue weighted by atomic mass is 32.2. The lowest BCUT2D eigenvalue weighted by Crippen LogP contribution is -2.34. The zero-order chi connectivity index (χ0) is 23.9. The second-order valence-electron chi connectivity index (χ2n) is 7.94. The summed E-state index contributed by atoms with van der Waals surface area (Å²) in [6.07, 6.45) is 0.448. The number of nitrogens with zero attached hydrogens (tertiary/aromatic N) is 3. The van der Waals surface area contributed by atoms with Gasteiger partial charge in [-0.1, -0.05) is 18.2 Å². The van der Waals surface area contributed by atoms with Gasteiger partial charge < -0.3 is 9.64 Å². The van der Waals surface area contributed by atoms with Gasteiger partial charge in [0.1, 0.15) is 0 Å². The summed E-state index contributed by atoms with van der Waals surface area (Å²) in [5, 5.41) is 10.0. The SMILES string of the molecule is CC(C)n1nc(C(=O)OCC(=O)N2CCc3cc(S(N)(=O)=O)ccc32)c2ccccc2c1=O. The van der Waals surface area contributed by atoms with Gasteiger partial charge in [0, 0.05) is 17.6 Å². The first-order valence-electron chi connectivity index (χ1n) is 10.2. The number of sulfonamides is 1. The van der Waals surface area contributed by atoms with Crippen LogP contribution in [-0.4, -0.2) is 43.2 Å².